The third-order valence-corrected chi connectivity index (χ3v) is 6.78. The fourth-order valence-corrected chi connectivity index (χ4v) is 4.52. The number of rotatable bonds is 4. The van der Waals surface area contributed by atoms with E-state index in [0.717, 1.165) is 22.8 Å². The van der Waals surface area contributed by atoms with Crippen LogP contribution in [0.5, 0.6) is 0 Å². The molecule has 1 atom stereocenters. The molecule has 9 heteroatoms. The van der Waals surface area contributed by atoms with Gasteiger partial charge >= 0.3 is 0 Å². The summed E-state index contributed by atoms with van der Waals surface area (Å²) in [6.45, 7) is 5.67. The van der Waals surface area contributed by atoms with Gasteiger partial charge in [0.2, 0.25) is 0 Å². The van der Waals surface area contributed by atoms with E-state index in [2.05, 4.69) is 16.2 Å². The molecular formula is C25H24ClFN6O. The van der Waals surface area contributed by atoms with E-state index in [1.54, 1.807) is 12.1 Å². The summed E-state index contributed by atoms with van der Waals surface area (Å²) in [6.07, 6.45) is 6.24. The molecule has 1 saturated carbocycles. The molecule has 0 N–H and O–H groups in total. The van der Waals surface area contributed by atoms with E-state index in [0.29, 0.717) is 53.1 Å². The van der Waals surface area contributed by atoms with E-state index in [-0.39, 0.29) is 6.10 Å². The molecule has 1 aliphatic heterocycles. The maximum Gasteiger partial charge on any atom is 0.134 e. The second-order valence-electron chi connectivity index (χ2n) is 9.01. The topological polar surface area (TPSA) is 69.0 Å². The highest BCUT2D eigenvalue weighted by Gasteiger charge is 2.29. The number of fused-ring (bicyclic) bond motifs is 1. The van der Waals surface area contributed by atoms with Gasteiger partial charge in [-0.3, -0.25) is 4.68 Å². The van der Waals surface area contributed by atoms with Gasteiger partial charge in [0.15, 0.2) is 0 Å². The van der Waals surface area contributed by atoms with Gasteiger partial charge in [-0.2, -0.15) is 5.10 Å². The van der Waals surface area contributed by atoms with Crippen LogP contribution in [0.1, 0.15) is 41.9 Å². The first-order chi connectivity index (χ1) is 16.5. The van der Waals surface area contributed by atoms with Gasteiger partial charge in [-0.25, -0.2) is 19.3 Å². The predicted molar refractivity (Wildman–Crippen MR) is 129 cm³/mol. The fourth-order valence-electron chi connectivity index (χ4n) is 4.37. The van der Waals surface area contributed by atoms with Crippen LogP contribution in [0.15, 0.2) is 36.7 Å². The zero-order chi connectivity index (χ0) is 23.4. The quantitative estimate of drug-likeness (QED) is 0.401. The highest BCUT2D eigenvalue weighted by atomic mass is 35.5. The number of ether oxygens (including phenoxy) is 1. The first-order valence-corrected chi connectivity index (χ1v) is 11.9. The Morgan fingerprint density at radius 3 is 2.71 bits per heavy atom. The van der Waals surface area contributed by atoms with Crippen molar-refractivity contribution in [2.45, 2.75) is 38.8 Å². The zero-order valence-corrected chi connectivity index (χ0v) is 19.8. The van der Waals surface area contributed by atoms with Crippen LogP contribution in [-0.2, 0) is 4.74 Å². The molecule has 0 amide bonds. The van der Waals surface area contributed by atoms with Crippen molar-refractivity contribution in [1.82, 2.24) is 24.7 Å². The molecule has 2 aliphatic rings. The van der Waals surface area contributed by atoms with Gasteiger partial charge in [-0.15, -0.1) is 0 Å². The summed E-state index contributed by atoms with van der Waals surface area (Å²) in [6, 6.07) is 7.07. The lowest BCUT2D eigenvalue weighted by Gasteiger charge is -2.33. The lowest BCUT2D eigenvalue weighted by atomic mass is 10.1. The Kier molecular flexibility index (Phi) is 5.22. The van der Waals surface area contributed by atoms with Crippen molar-refractivity contribution in [3.8, 4) is 11.3 Å². The van der Waals surface area contributed by atoms with Gasteiger partial charge in [0.1, 0.15) is 28.9 Å². The van der Waals surface area contributed by atoms with Crippen molar-refractivity contribution in [3.63, 3.8) is 0 Å². The van der Waals surface area contributed by atoms with E-state index in [1.165, 1.54) is 18.9 Å². The van der Waals surface area contributed by atoms with Gasteiger partial charge in [0.25, 0.3) is 0 Å². The van der Waals surface area contributed by atoms with Crippen molar-refractivity contribution in [1.29, 1.82) is 0 Å². The Bertz CT molecular complexity index is 1400. The lowest BCUT2D eigenvalue weighted by molar-refractivity contribution is 0.0395. The van der Waals surface area contributed by atoms with Crippen LogP contribution in [0.4, 0.5) is 10.2 Å². The number of aryl methyl sites for hydroxylation is 2. The van der Waals surface area contributed by atoms with Crippen LogP contribution in [0, 0.1) is 19.7 Å². The minimum atomic E-state index is -0.439. The van der Waals surface area contributed by atoms with E-state index >= 15 is 0 Å². The molecule has 0 radical (unpaired) electrons. The summed E-state index contributed by atoms with van der Waals surface area (Å²) < 4.78 is 23.1. The molecule has 0 spiro atoms. The van der Waals surface area contributed by atoms with Gasteiger partial charge in [0.05, 0.1) is 35.8 Å². The van der Waals surface area contributed by atoms with Crippen LogP contribution in [-0.4, -0.2) is 44.4 Å². The second kappa shape index (κ2) is 8.29. The molecule has 2 fully saturated rings. The summed E-state index contributed by atoms with van der Waals surface area (Å²) in [4.78, 5) is 16.5. The molecule has 7 nitrogen and oxygen atoms in total. The highest BCUT2D eigenvalue weighted by molar-refractivity contribution is 6.30. The van der Waals surface area contributed by atoms with Crippen LogP contribution in [0.25, 0.3) is 22.3 Å². The number of nitrogens with zero attached hydrogens (tertiary/aromatic N) is 6. The Hall–Kier alpha value is -3.10. The van der Waals surface area contributed by atoms with E-state index in [9.17, 15) is 4.39 Å². The average molecular weight is 479 g/mol. The smallest absolute Gasteiger partial charge is 0.134 e. The largest absolute Gasteiger partial charge is 0.370 e. The van der Waals surface area contributed by atoms with Crippen molar-refractivity contribution in [2.24, 2.45) is 0 Å². The number of hydrogen-bond acceptors (Lipinski definition) is 6. The number of benzene rings is 1. The summed E-state index contributed by atoms with van der Waals surface area (Å²) in [5.41, 5.74) is 4.75. The van der Waals surface area contributed by atoms with Gasteiger partial charge in [0, 0.05) is 41.5 Å². The fraction of sp³-hybridized carbons (Fsp3) is 0.360. The monoisotopic (exact) mass is 478 g/mol. The standard InChI is InChI=1S/C25H24ClFN6O/c1-14-15(2)30-25-21(29-14)10-23(31-24(25)19-6-3-17(26)9-20(19)27)32-7-8-34-22(13-32)16-11-28-33(12-16)18-4-5-18/h3,6,9-12,18,22H,4-5,7-8,13H2,1-2H3/t22-/m1/s1. The molecule has 6 rings (SSSR count). The number of pyridine rings is 1. The summed E-state index contributed by atoms with van der Waals surface area (Å²) >= 11 is 6.00. The summed E-state index contributed by atoms with van der Waals surface area (Å²) in [7, 11) is 0. The van der Waals surface area contributed by atoms with E-state index < -0.39 is 5.82 Å². The second-order valence-corrected chi connectivity index (χ2v) is 9.44. The Morgan fingerprint density at radius 1 is 1.09 bits per heavy atom. The first kappa shape index (κ1) is 21.4. The van der Waals surface area contributed by atoms with Gasteiger partial charge in [-0.1, -0.05) is 11.6 Å². The normalized spacial score (nSPS) is 18.6. The zero-order valence-electron chi connectivity index (χ0n) is 19.0. The Balaban J connectivity index is 1.41. The average Bonchev–Trinajstić information content (AvgIpc) is 3.56. The van der Waals surface area contributed by atoms with Gasteiger partial charge in [-0.05, 0) is 44.9 Å². The van der Waals surface area contributed by atoms with Crippen molar-refractivity contribution in [3.05, 3.63) is 64.5 Å². The lowest BCUT2D eigenvalue weighted by Crippen LogP contribution is -2.38. The Labute approximate surface area is 201 Å². The van der Waals surface area contributed by atoms with Crippen LogP contribution < -0.4 is 4.90 Å². The Morgan fingerprint density at radius 2 is 1.91 bits per heavy atom. The van der Waals surface area contributed by atoms with E-state index in [4.69, 9.17) is 31.3 Å². The number of halogens is 2. The van der Waals surface area contributed by atoms with Gasteiger partial charge < -0.3 is 9.64 Å². The van der Waals surface area contributed by atoms with Crippen molar-refractivity contribution >= 4 is 28.5 Å². The molecule has 0 bridgehead atoms. The van der Waals surface area contributed by atoms with Crippen LogP contribution in [0.3, 0.4) is 0 Å². The summed E-state index contributed by atoms with van der Waals surface area (Å²) in [5.74, 6) is 0.281. The van der Waals surface area contributed by atoms with Crippen LogP contribution >= 0.6 is 11.6 Å². The van der Waals surface area contributed by atoms with Crippen LogP contribution in [0.2, 0.25) is 5.02 Å². The molecule has 174 valence electrons. The number of aromatic nitrogens is 5. The predicted octanol–water partition coefficient (Wildman–Crippen LogP) is 5.21. The minimum absolute atomic E-state index is 0.111. The third kappa shape index (κ3) is 3.91. The molecule has 1 saturated heterocycles. The number of anilines is 1. The molecule has 4 aromatic rings. The molecule has 1 aromatic carbocycles. The van der Waals surface area contributed by atoms with E-state index in [1.807, 2.05) is 30.8 Å². The minimum Gasteiger partial charge on any atom is -0.370 e. The maximum atomic E-state index is 15.0. The molecule has 3 aromatic heterocycles. The molecular weight excluding hydrogens is 455 g/mol. The third-order valence-electron chi connectivity index (χ3n) is 6.54. The highest BCUT2D eigenvalue weighted by Crippen LogP contribution is 2.36. The van der Waals surface area contributed by atoms with Crippen molar-refractivity contribution < 1.29 is 9.13 Å². The molecule has 0 unspecified atom stereocenters. The maximum absolute atomic E-state index is 15.0. The summed E-state index contributed by atoms with van der Waals surface area (Å²) in [5, 5.41) is 4.85. The number of morpholine rings is 1. The molecule has 34 heavy (non-hydrogen) atoms. The number of hydrogen-bond donors (Lipinski definition) is 0. The molecule has 1 aliphatic carbocycles. The SMILES string of the molecule is Cc1nc2cc(N3CCO[C@@H](c4cnn(C5CC5)c4)C3)nc(-c3ccc(Cl)cc3F)c2nc1C. The first-order valence-electron chi connectivity index (χ1n) is 11.5. The van der Waals surface area contributed by atoms with Crippen molar-refractivity contribution in [2.75, 3.05) is 24.6 Å². The molecule has 4 heterocycles.